The van der Waals surface area contributed by atoms with Crippen LogP contribution in [0.5, 0.6) is 0 Å². The van der Waals surface area contributed by atoms with Gasteiger partial charge in [0.1, 0.15) is 5.58 Å². The van der Waals surface area contributed by atoms with E-state index < -0.39 is 5.97 Å². The molecule has 0 amide bonds. The summed E-state index contributed by atoms with van der Waals surface area (Å²) in [6.45, 7) is -0.341. The minimum absolute atomic E-state index is 0.0879. The van der Waals surface area contributed by atoms with Crippen LogP contribution in [0.25, 0.3) is 11.0 Å². The molecule has 0 saturated heterocycles. The summed E-state index contributed by atoms with van der Waals surface area (Å²) >= 11 is 5.78. The summed E-state index contributed by atoms with van der Waals surface area (Å²) in [5.74, 6) is -0.659. The molecule has 116 valence electrons. The van der Waals surface area contributed by atoms with Crippen molar-refractivity contribution in [3.05, 3.63) is 70.9 Å². The first-order valence-electron chi connectivity index (χ1n) is 7.04. The Bertz CT molecular complexity index is 816. The zero-order valence-corrected chi connectivity index (χ0v) is 12.9. The van der Waals surface area contributed by atoms with Crippen molar-refractivity contribution >= 4 is 34.3 Å². The zero-order valence-electron chi connectivity index (χ0n) is 12.1. The van der Waals surface area contributed by atoms with Crippen molar-refractivity contribution in [1.29, 1.82) is 0 Å². The number of hydrogen-bond donors (Lipinski definition) is 0. The van der Waals surface area contributed by atoms with E-state index in [4.69, 9.17) is 20.8 Å². The number of carbonyl (C=O) groups excluding carboxylic acids is 2. The lowest BCUT2D eigenvalue weighted by molar-refractivity contribution is -0.141. The third-order valence-corrected chi connectivity index (χ3v) is 3.58. The molecular weight excluding hydrogens is 316 g/mol. The second kappa shape index (κ2) is 6.67. The molecule has 0 radical (unpaired) electrons. The van der Waals surface area contributed by atoms with Crippen LogP contribution in [0.2, 0.25) is 5.02 Å². The van der Waals surface area contributed by atoms with Crippen LogP contribution in [-0.2, 0) is 16.0 Å². The second-order valence-electron chi connectivity index (χ2n) is 5.04. The summed E-state index contributed by atoms with van der Waals surface area (Å²) < 4.78 is 10.4. The van der Waals surface area contributed by atoms with Gasteiger partial charge in [-0.1, -0.05) is 41.9 Å². The molecule has 3 aromatic rings. The summed E-state index contributed by atoms with van der Waals surface area (Å²) in [6, 6.07) is 15.8. The molecule has 3 rings (SSSR count). The first kappa shape index (κ1) is 15.3. The number of furan rings is 1. The monoisotopic (exact) mass is 328 g/mol. The molecule has 1 aromatic heterocycles. The summed E-state index contributed by atoms with van der Waals surface area (Å²) in [6.07, 6.45) is 0.0879. The number of benzene rings is 2. The minimum atomic E-state index is -0.475. The van der Waals surface area contributed by atoms with Crippen molar-refractivity contribution < 1.29 is 18.7 Å². The number of fused-ring (bicyclic) bond motifs is 1. The Morgan fingerprint density at radius 1 is 1.04 bits per heavy atom. The van der Waals surface area contributed by atoms with Crippen molar-refractivity contribution in [2.75, 3.05) is 6.61 Å². The van der Waals surface area contributed by atoms with E-state index in [9.17, 15) is 9.59 Å². The number of ketones is 1. The normalized spacial score (nSPS) is 10.7. The molecule has 0 aliphatic rings. The van der Waals surface area contributed by atoms with E-state index in [1.165, 1.54) is 0 Å². The summed E-state index contributed by atoms with van der Waals surface area (Å²) in [7, 11) is 0. The van der Waals surface area contributed by atoms with E-state index in [0.717, 1.165) is 10.9 Å². The van der Waals surface area contributed by atoms with E-state index in [1.807, 2.05) is 18.2 Å². The molecule has 0 unspecified atom stereocenters. The third kappa shape index (κ3) is 3.79. The van der Waals surface area contributed by atoms with Gasteiger partial charge in [-0.15, -0.1) is 0 Å². The Hall–Kier alpha value is -2.59. The minimum Gasteiger partial charge on any atom is -0.457 e. The molecular formula is C18H13ClO4. The molecule has 2 aromatic carbocycles. The molecule has 0 saturated carbocycles. The van der Waals surface area contributed by atoms with E-state index in [-0.39, 0.29) is 24.6 Å². The van der Waals surface area contributed by atoms with Gasteiger partial charge in [-0.2, -0.15) is 0 Å². The van der Waals surface area contributed by atoms with Crippen molar-refractivity contribution in [3.63, 3.8) is 0 Å². The number of hydrogen-bond acceptors (Lipinski definition) is 4. The third-order valence-electron chi connectivity index (χ3n) is 3.33. The van der Waals surface area contributed by atoms with Crippen molar-refractivity contribution in [1.82, 2.24) is 0 Å². The van der Waals surface area contributed by atoms with Gasteiger partial charge in [0, 0.05) is 10.4 Å². The van der Waals surface area contributed by atoms with Gasteiger partial charge >= 0.3 is 5.97 Å². The fraction of sp³-hybridized carbons (Fsp3) is 0.111. The highest BCUT2D eigenvalue weighted by Gasteiger charge is 2.15. The van der Waals surface area contributed by atoms with Gasteiger partial charge < -0.3 is 9.15 Å². The van der Waals surface area contributed by atoms with Gasteiger partial charge in [-0.05, 0) is 29.8 Å². The molecule has 0 aliphatic carbocycles. The Morgan fingerprint density at radius 2 is 1.78 bits per heavy atom. The first-order valence-corrected chi connectivity index (χ1v) is 7.41. The molecule has 23 heavy (non-hydrogen) atoms. The lowest BCUT2D eigenvalue weighted by Crippen LogP contribution is -2.15. The van der Waals surface area contributed by atoms with Crippen LogP contribution in [-0.4, -0.2) is 18.4 Å². The highest BCUT2D eigenvalue weighted by Crippen LogP contribution is 2.19. The maximum Gasteiger partial charge on any atom is 0.310 e. The molecule has 0 bridgehead atoms. The molecule has 0 fully saturated rings. The number of halogens is 1. The van der Waals surface area contributed by atoms with E-state index >= 15 is 0 Å². The highest BCUT2D eigenvalue weighted by molar-refractivity contribution is 6.30. The van der Waals surface area contributed by atoms with Crippen molar-refractivity contribution in [2.24, 2.45) is 0 Å². The lowest BCUT2D eigenvalue weighted by atomic mass is 10.1. The number of esters is 1. The largest absolute Gasteiger partial charge is 0.457 e. The summed E-state index contributed by atoms with van der Waals surface area (Å²) in [5.41, 5.74) is 1.40. The Kier molecular flexibility index (Phi) is 4.44. The van der Waals surface area contributed by atoms with Crippen molar-refractivity contribution in [2.45, 2.75) is 6.42 Å². The highest BCUT2D eigenvalue weighted by atomic mass is 35.5. The van der Waals surface area contributed by atoms with Crippen LogP contribution in [0.1, 0.15) is 16.1 Å². The van der Waals surface area contributed by atoms with Gasteiger partial charge in [0.05, 0.1) is 6.42 Å². The van der Waals surface area contributed by atoms with Crippen LogP contribution in [0.15, 0.2) is 59.0 Å². The van der Waals surface area contributed by atoms with Gasteiger partial charge in [-0.3, -0.25) is 9.59 Å². The Balaban J connectivity index is 1.57. The van der Waals surface area contributed by atoms with E-state index in [2.05, 4.69) is 0 Å². The van der Waals surface area contributed by atoms with Crippen LogP contribution in [0.3, 0.4) is 0 Å². The first-order chi connectivity index (χ1) is 11.1. The lowest BCUT2D eigenvalue weighted by Gasteiger charge is -2.03. The van der Waals surface area contributed by atoms with Crippen LogP contribution >= 0.6 is 11.6 Å². The maximum atomic E-state index is 12.0. The van der Waals surface area contributed by atoms with Crippen LogP contribution in [0.4, 0.5) is 0 Å². The fourth-order valence-corrected chi connectivity index (χ4v) is 2.28. The maximum absolute atomic E-state index is 12.0. The molecule has 0 aliphatic heterocycles. The molecule has 0 atom stereocenters. The Labute approximate surface area is 137 Å². The molecule has 5 heteroatoms. The second-order valence-corrected chi connectivity index (χ2v) is 5.47. The van der Waals surface area contributed by atoms with E-state index in [1.54, 1.807) is 36.4 Å². The van der Waals surface area contributed by atoms with Crippen LogP contribution in [0, 0.1) is 0 Å². The quantitative estimate of drug-likeness (QED) is 0.523. The summed E-state index contributed by atoms with van der Waals surface area (Å²) in [5, 5.41) is 1.44. The Morgan fingerprint density at radius 3 is 2.52 bits per heavy atom. The number of carbonyl (C=O) groups is 2. The van der Waals surface area contributed by atoms with Crippen LogP contribution < -0.4 is 0 Å². The predicted octanol–water partition coefficient (Wildman–Crippen LogP) is 4.05. The smallest absolute Gasteiger partial charge is 0.310 e. The average molecular weight is 329 g/mol. The average Bonchev–Trinajstić information content (AvgIpc) is 2.99. The van der Waals surface area contributed by atoms with E-state index in [0.29, 0.717) is 10.6 Å². The molecule has 1 heterocycles. The molecule has 4 nitrogen and oxygen atoms in total. The van der Waals surface area contributed by atoms with Gasteiger partial charge in [0.15, 0.2) is 12.4 Å². The topological polar surface area (TPSA) is 56.5 Å². The SMILES string of the molecule is O=C(Cc1ccc(Cl)cc1)OCC(=O)c1cc2ccccc2o1. The number of Topliss-reactive ketones (excluding diaryl/α,β-unsaturated/α-hetero) is 1. The summed E-state index contributed by atoms with van der Waals surface area (Å²) in [4.78, 5) is 23.8. The predicted molar refractivity (Wildman–Crippen MR) is 86.7 cm³/mol. The van der Waals surface area contributed by atoms with Crippen molar-refractivity contribution in [3.8, 4) is 0 Å². The number of rotatable bonds is 5. The van der Waals surface area contributed by atoms with Gasteiger partial charge in [0.25, 0.3) is 0 Å². The molecule has 0 N–H and O–H groups in total. The number of para-hydroxylation sites is 1. The van der Waals surface area contributed by atoms with Gasteiger partial charge in [0.2, 0.25) is 5.78 Å². The van der Waals surface area contributed by atoms with Gasteiger partial charge in [-0.25, -0.2) is 0 Å². The number of ether oxygens (including phenoxy) is 1. The standard InChI is InChI=1S/C18H13ClO4/c19-14-7-5-12(6-8-14)9-18(21)22-11-15(20)17-10-13-3-1-2-4-16(13)23-17/h1-8,10H,9,11H2. The fourth-order valence-electron chi connectivity index (χ4n) is 2.16. The molecule has 0 spiro atoms. The zero-order chi connectivity index (χ0) is 16.2.